The average Bonchev–Trinajstić information content (AvgIpc) is 2.88. The number of methoxy groups -OCH3 is 1. The lowest BCUT2D eigenvalue weighted by atomic mass is 10.2. The highest BCUT2D eigenvalue weighted by Crippen LogP contribution is 2.08. The molecule has 17 heavy (non-hydrogen) atoms. The molecule has 1 aromatic rings. The molecule has 0 aliphatic carbocycles. The summed E-state index contributed by atoms with van der Waals surface area (Å²) >= 11 is 0. The molecule has 2 heterocycles. The first kappa shape index (κ1) is 12.3. The van der Waals surface area contributed by atoms with E-state index in [-0.39, 0.29) is 0 Å². The lowest BCUT2D eigenvalue weighted by Crippen LogP contribution is -2.29. The second kappa shape index (κ2) is 6.57. The maximum atomic E-state index is 5.10. The number of ether oxygens (including phenoxy) is 1. The number of nitrogens with one attached hydrogen (secondary N) is 1. The van der Waals surface area contributed by atoms with Crippen molar-refractivity contribution >= 4 is 0 Å². The third-order valence-electron chi connectivity index (χ3n) is 3.14. The van der Waals surface area contributed by atoms with Gasteiger partial charge < -0.3 is 15.0 Å². The van der Waals surface area contributed by atoms with E-state index in [4.69, 9.17) is 4.74 Å². The zero-order valence-electron chi connectivity index (χ0n) is 10.5. The summed E-state index contributed by atoms with van der Waals surface area (Å²) < 4.78 is 5.10. The molecule has 0 radical (unpaired) electrons. The van der Waals surface area contributed by atoms with E-state index >= 15 is 0 Å². The Bertz CT molecular complexity index is 337. The Morgan fingerprint density at radius 2 is 2.24 bits per heavy atom. The van der Waals surface area contributed by atoms with Crippen LogP contribution in [0.2, 0.25) is 0 Å². The summed E-state index contributed by atoms with van der Waals surface area (Å²) in [5.41, 5.74) is 1.22. The summed E-state index contributed by atoms with van der Waals surface area (Å²) in [5.74, 6) is 0.684. The van der Waals surface area contributed by atoms with Crippen LogP contribution in [-0.4, -0.2) is 43.2 Å². The number of nitrogens with zero attached hydrogens (tertiary/aromatic N) is 2. The van der Waals surface area contributed by atoms with Crippen molar-refractivity contribution in [1.82, 2.24) is 15.2 Å². The molecule has 0 atom stereocenters. The minimum Gasteiger partial charge on any atom is -0.481 e. The van der Waals surface area contributed by atoms with Crippen molar-refractivity contribution < 1.29 is 4.74 Å². The van der Waals surface area contributed by atoms with Gasteiger partial charge in [-0.15, -0.1) is 0 Å². The van der Waals surface area contributed by atoms with Crippen LogP contribution in [0.1, 0.15) is 18.4 Å². The molecule has 4 heteroatoms. The molecule has 1 N–H and O–H groups in total. The molecule has 4 nitrogen and oxygen atoms in total. The first-order valence-electron chi connectivity index (χ1n) is 6.30. The van der Waals surface area contributed by atoms with Gasteiger partial charge in [-0.1, -0.05) is 0 Å². The summed E-state index contributed by atoms with van der Waals surface area (Å²) in [6, 6.07) is 3.99. The zero-order valence-corrected chi connectivity index (χ0v) is 10.5. The first-order valence-corrected chi connectivity index (χ1v) is 6.30. The molecule has 1 aliphatic rings. The minimum atomic E-state index is 0.684. The largest absolute Gasteiger partial charge is 0.481 e. The Morgan fingerprint density at radius 1 is 1.41 bits per heavy atom. The Labute approximate surface area is 103 Å². The van der Waals surface area contributed by atoms with Crippen molar-refractivity contribution in [2.75, 3.05) is 33.3 Å². The molecule has 1 aromatic heterocycles. The highest BCUT2D eigenvalue weighted by Gasteiger charge is 2.09. The van der Waals surface area contributed by atoms with Crippen LogP contribution in [0.15, 0.2) is 18.3 Å². The molecule has 0 bridgehead atoms. The van der Waals surface area contributed by atoms with Crippen molar-refractivity contribution in [2.24, 2.45) is 0 Å². The number of hydrogen-bond acceptors (Lipinski definition) is 4. The highest BCUT2D eigenvalue weighted by molar-refractivity contribution is 5.20. The number of rotatable bonds is 6. The Kier molecular flexibility index (Phi) is 4.76. The zero-order chi connectivity index (χ0) is 11.9. The quantitative estimate of drug-likeness (QED) is 0.754. The van der Waals surface area contributed by atoms with Crippen LogP contribution in [0.5, 0.6) is 5.88 Å². The monoisotopic (exact) mass is 235 g/mol. The smallest absolute Gasteiger partial charge is 0.213 e. The summed E-state index contributed by atoms with van der Waals surface area (Å²) in [4.78, 5) is 6.60. The van der Waals surface area contributed by atoms with Gasteiger partial charge in [0.1, 0.15) is 0 Å². The molecule has 0 spiro atoms. The molecule has 0 unspecified atom stereocenters. The van der Waals surface area contributed by atoms with Gasteiger partial charge in [0.2, 0.25) is 5.88 Å². The van der Waals surface area contributed by atoms with E-state index in [9.17, 15) is 0 Å². The van der Waals surface area contributed by atoms with Crippen LogP contribution in [-0.2, 0) is 6.54 Å². The third kappa shape index (κ3) is 3.98. The fraction of sp³-hybridized carbons (Fsp3) is 0.615. The predicted molar refractivity (Wildman–Crippen MR) is 68.2 cm³/mol. The molecule has 0 saturated carbocycles. The second-order valence-electron chi connectivity index (χ2n) is 4.43. The molecule has 1 saturated heterocycles. The molecular weight excluding hydrogens is 214 g/mol. The molecule has 1 fully saturated rings. The number of aromatic nitrogens is 1. The second-order valence-corrected chi connectivity index (χ2v) is 4.43. The van der Waals surface area contributed by atoms with Crippen molar-refractivity contribution in [3.05, 3.63) is 23.9 Å². The van der Waals surface area contributed by atoms with Crippen LogP contribution in [0.4, 0.5) is 0 Å². The first-order chi connectivity index (χ1) is 8.38. The van der Waals surface area contributed by atoms with Crippen LogP contribution in [0.25, 0.3) is 0 Å². The number of likely N-dealkylation sites (tertiary alicyclic amines) is 1. The number of hydrogen-bond donors (Lipinski definition) is 1. The summed E-state index contributed by atoms with van der Waals surface area (Å²) in [7, 11) is 1.65. The van der Waals surface area contributed by atoms with Crippen molar-refractivity contribution in [1.29, 1.82) is 0 Å². The van der Waals surface area contributed by atoms with Gasteiger partial charge in [-0.25, -0.2) is 4.98 Å². The lowest BCUT2D eigenvalue weighted by molar-refractivity contribution is 0.335. The van der Waals surface area contributed by atoms with Crippen molar-refractivity contribution in [2.45, 2.75) is 19.4 Å². The molecule has 0 amide bonds. The van der Waals surface area contributed by atoms with Gasteiger partial charge in [0.15, 0.2) is 0 Å². The van der Waals surface area contributed by atoms with Crippen molar-refractivity contribution in [3.63, 3.8) is 0 Å². The van der Waals surface area contributed by atoms with E-state index in [1.807, 2.05) is 12.1 Å². The fourth-order valence-corrected chi connectivity index (χ4v) is 2.15. The van der Waals surface area contributed by atoms with Crippen LogP contribution in [0, 0.1) is 0 Å². The highest BCUT2D eigenvalue weighted by atomic mass is 16.5. The summed E-state index contributed by atoms with van der Waals surface area (Å²) in [5, 5.41) is 3.45. The van der Waals surface area contributed by atoms with E-state index in [0.29, 0.717) is 5.88 Å². The average molecular weight is 235 g/mol. The topological polar surface area (TPSA) is 37.4 Å². The molecular formula is C13H21N3O. The van der Waals surface area contributed by atoms with Gasteiger partial charge in [0, 0.05) is 31.9 Å². The van der Waals surface area contributed by atoms with Gasteiger partial charge >= 0.3 is 0 Å². The van der Waals surface area contributed by atoms with E-state index in [0.717, 1.165) is 19.6 Å². The van der Waals surface area contributed by atoms with Gasteiger partial charge in [-0.2, -0.15) is 0 Å². The van der Waals surface area contributed by atoms with Crippen LogP contribution in [0.3, 0.4) is 0 Å². The maximum Gasteiger partial charge on any atom is 0.213 e. The van der Waals surface area contributed by atoms with E-state index in [1.54, 1.807) is 13.3 Å². The SMILES string of the molecule is COc1cc(CNCCN2CCCC2)ccn1. The van der Waals surface area contributed by atoms with Gasteiger partial charge in [0.05, 0.1) is 7.11 Å². The Morgan fingerprint density at radius 3 is 3.00 bits per heavy atom. The normalized spacial score (nSPS) is 16.3. The Hall–Kier alpha value is -1.13. The lowest BCUT2D eigenvalue weighted by Gasteiger charge is -2.14. The molecule has 0 aromatic carbocycles. The third-order valence-corrected chi connectivity index (χ3v) is 3.14. The van der Waals surface area contributed by atoms with Crippen LogP contribution < -0.4 is 10.1 Å². The van der Waals surface area contributed by atoms with Gasteiger partial charge in [-0.3, -0.25) is 0 Å². The van der Waals surface area contributed by atoms with E-state index in [2.05, 4.69) is 15.2 Å². The standard InChI is InChI=1S/C13H21N3O/c1-17-13-10-12(4-5-15-13)11-14-6-9-16-7-2-3-8-16/h4-5,10,14H,2-3,6-9,11H2,1H3. The molecule has 94 valence electrons. The summed E-state index contributed by atoms with van der Waals surface area (Å²) in [6.45, 7) is 5.62. The van der Waals surface area contributed by atoms with Gasteiger partial charge in [0.25, 0.3) is 0 Å². The van der Waals surface area contributed by atoms with Crippen molar-refractivity contribution in [3.8, 4) is 5.88 Å². The Balaban J connectivity index is 1.66. The molecule has 1 aliphatic heterocycles. The minimum absolute atomic E-state index is 0.684. The van der Waals surface area contributed by atoms with Gasteiger partial charge in [-0.05, 0) is 37.6 Å². The van der Waals surface area contributed by atoms with Crippen LogP contribution >= 0.6 is 0 Å². The van der Waals surface area contributed by atoms with E-state index in [1.165, 1.54) is 31.5 Å². The predicted octanol–water partition coefficient (Wildman–Crippen LogP) is 1.28. The fourth-order valence-electron chi connectivity index (χ4n) is 2.15. The number of pyridine rings is 1. The molecule has 2 rings (SSSR count). The van der Waals surface area contributed by atoms with E-state index < -0.39 is 0 Å². The summed E-state index contributed by atoms with van der Waals surface area (Å²) in [6.07, 6.45) is 4.51. The maximum absolute atomic E-state index is 5.10.